The highest BCUT2D eigenvalue weighted by atomic mass is 35.5. The van der Waals surface area contributed by atoms with Gasteiger partial charge in [0, 0.05) is 18.3 Å². The van der Waals surface area contributed by atoms with E-state index in [-0.39, 0.29) is 22.8 Å². The second-order valence-corrected chi connectivity index (χ2v) is 4.63. The lowest BCUT2D eigenvalue weighted by Crippen LogP contribution is -2.27. The van der Waals surface area contributed by atoms with Gasteiger partial charge in [0.1, 0.15) is 0 Å². The summed E-state index contributed by atoms with van der Waals surface area (Å²) in [6.45, 7) is 3.85. The van der Waals surface area contributed by atoms with Crippen molar-refractivity contribution in [2.45, 2.75) is 19.9 Å². The summed E-state index contributed by atoms with van der Waals surface area (Å²) >= 11 is 5.63. The molecular weight excluding hydrogens is 266 g/mol. The quantitative estimate of drug-likeness (QED) is 0.927. The van der Waals surface area contributed by atoms with Crippen LogP contribution in [0.15, 0.2) is 18.3 Å². The summed E-state index contributed by atoms with van der Waals surface area (Å²) in [5.74, 6) is -0.292. The van der Waals surface area contributed by atoms with Crippen LogP contribution in [-0.4, -0.2) is 25.9 Å². The monoisotopic (exact) mass is 279 g/mol. The van der Waals surface area contributed by atoms with Crippen molar-refractivity contribution in [1.82, 2.24) is 25.3 Å². The lowest BCUT2D eigenvalue weighted by Gasteiger charge is -2.13. The highest BCUT2D eigenvalue weighted by Crippen LogP contribution is 2.16. The summed E-state index contributed by atoms with van der Waals surface area (Å²) in [7, 11) is 1.86. The second kappa shape index (κ2) is 5.36. The van der Waals surface area contributed by atoms with E-state index >= 15 is 0 Å². The number of aromatic nitrogens is 4. The maximum absolute atomic E-state index is 12.0. The molecular formula is C12H14ClN5O. The fourth-order valence-corrected chi connectivity index (χ4v) is 1.83. The predicted octanol–water partition coefficient (Wildman–Crippen LogP) is 1.66. The van der Waals surface area contributed by atoms with Crippen LogP contribution in [0.3, 0.4) is 0 Å². The Morgan fingerprint density at radius 1 is 1.42 bits per heavy atom. The van der Waals surface area contributed by atoms with Gasteiger partial charge in [-0.05, 0) is 26.0 Å². The van der Waals surface area contributed by atoms with Crippen LogP contribution in [0.4, 0.5) is 0 Å². The molecule has 0 saturated heterocycles. The Morgan fingerprint density at radius 3 is 2.68 bits per heavy atom. The topological polar surface area (TPSA) is 72.7 Å². The summed E-state index contributed by atoms with van der Waals surface area (Å²) in [4.78, 5) is 12.0. The molecule has 0 aromatic carbocycles. The minimum absolute atomic E-state index is 0.154. The van der Waals surface area contributed by atoms with E-state index in [2.05, 4.69) is 20.6 Å². The molecule has 2 aromatic rings. The molecule has 0 spiro atoms. The standard InChI is InChI=1S/C12H14ClN5O/c1-7(9-6-14-18(3)8(9)2)15-12(19)10-4-5-11(13)17-16-10/h4-7H,1-3H3,(H,15,19). The lowest BCUT2D eigenvalue weighted by molar-refractivity contribution is 0.0933. The average Bonchev–Trinajstić information content (AvgIpc) is 2.70. The average molecular weight is 280 g/mol. The molecule has 0 bridgehead atoms. The molecule has 1 amide bonds. The van der Waals surface area contributed by atoms with E-state index in [0.717, 1.165) is 11.3 Å². The zero-order chi connectivity index (χ0) is 14.0. The molecule has 6 nitrogen and oxygen atoms in total. The van der Waals surface area contributed by atoms with E-state index in [9.17, 15) is 4.79 Å². The Hall–Kier alpha value is -1.95. The molecule has 0 aliphatic heterocycles. The molecule has 0 fully saturated rings. The van der Waals surface area contributed by atoms with Gasteiger partial charge in [0.25, 0.3) is 5.91 Å². The molecule has 0 saturated carbocycles. The van der Waals surface area contributed by atoms with E-state index in [1.165, 1.54) is 12.1 Å². The first kappa shape index (κ1) is 13.5. The molecule has 1 atom stereocenters. The normalized spacial score (nSPS) is 12.2. The van der Waals surface area contributed by atoms with E-state index < -0.39 is 0 Å². The van der Waals surface area contributed by atoms with Gasteiger partial charge < -0.3 is 5.32 Å². The SMILES string of the molecule is Cc1c(C(C)NC(=O)c2ccc(Cl)nn2)cnn1C. The first-order chi connectivity index (χ1) is 8.99. The summed E-state index contributed by atoms with van der Waals surface area (Å²) in [5.41, 5.74) is 2.21. The number of nitrogens with one attached hydrogen (secondary N) is 1. The van der Waals surface area contributed by atoms with Crippen LogP contribution >= 0.6 is 11.6 Å². The number of aryl methyl sites for hydroxylation is 1. The molecule has 0 aliphatic carbocycles. The number of carbonyl (C=O) groups is 1. The van der Waals surface area contributed by atoms with Gasteiger partial charge in [0.2, 0.25) is 0 Å². The molecule has 2 heterocycles. The highest BCUT2D eigenvalue weighted by molar-refractivity contribution is 6.29. The Labute approximate surface area is 115 Å². The molecule has 1 N–H and O–H groups in total. The fraction of sp³-hybridized carbons (Fsp3) is 0.333. The molecule has 2 aromatic heterocycles. The van der Waals surface area contributed by atoms with Crippen LogP contribution < -0.4 is 5.32 Å². The Kier molecular flexibility index (Phi) is 3.80. The smallest absolute Gasteiger partial charge is 0.272 e. The first-order valence-corrected chi connectivity index (χ1v) is 6.15. The van der Waals surface area contributed by atoms with Gasteiger partial charge in [0.05, 0.1) is 12.2 Å². The number of carbonyl (C=O) groups excluding carboxylic acids is 1. The van der Waals surface area contributed by atoms with E-state index in [4.69, 9.17) is 11.6 Å². The van der Waals surface area contributed by atoms with Crippen molar-refractivity contribution in [1.29, 1.82) is 0 Å². The lowest BCUT2D eigenvalue weighted by atomic mass is 10.1. The molecule has 19 heavy (non-hydrogen) atoms. The summed E-state index contributed by atoms with van der Waals surface area (Å²) in [5, 5.41) is 14.6. The van der Waals surface area contributed by atoms with Gasteiger partial charge in [-0.1, -0.05) is 11.6 Å². The van der Waals surface area contributed by atoms with Gasteiger partial charge >= 0.3 is 0 Å². The number of nitrogens with zero attached hydrogens (tertiary/aromatic N) is 4. The Balaban J connectivity index is 2.10. The number of rotatable bonds is 3. The Morgan fingerprint density at radius 2 is 2.16 bits per heavy atom. The van der Waals surface area contributed by atoms with Crippen molar-refractivity contribution in [2.75, 3.05) is 0 Å². The third-order valence-electron chi connectivity index (χ3n) is 2.95. The van der Waals surface area contributed by atoms with Crippen LogP contribution in [0.5, 0.6) is 0 Å². The van der Waals surface area contributed by atoms with Crippen LogP contribution in [0.2, 0.25) is 5.15 Å². The van der Waals surface area contributed by atoms with E-state index in [1.807, 2.05) is 20.9 Å². The van der Waals surface area contributed by atoms with Crippen molar-refractivity contribution >= 4 is 17.5 Å². The van der Waals surface area contributed by atoms with Gasteiger partial charge in [-0.2, -0.15) is 5.10 Å². The van der Waals surface area contributed by atoms with Gasteiger partial charge in [-0.15, -0.1) is 10.2 Å². The second-order valence-electron chi connectivity index (χ2n) is 4.25. The minimum Gasteiger partial charge on any atom is -0.344 e. The number of halogens is 1. The van der Waals surface area contributed by atoms with E-state index in [1.54, 1.807) is 10.9 Å². The maximum Gasteiger partial charge on any atom is 0.272 e. The summed E-state index contributed by atoms with van der Waals surface area (Å²) < 4.78 is 1.76. The van der Waals surface area contributed by atoms with Crippen LogP contribution in [0.25, 0.3) is 0 Å². The van der Waals surface area contributed by atoms with Gasteiger partial charge in [0.15, 0.2) is 10.8 Å². The third kappa shape index (κ3) is 2.90. The first-order valence-electron chi connectivity index (χ1n) is 5.77. The zero-order valence-corrected chi connectivity index (χ0v) is 11.6. The molecule has 7 heteroatoms. The van der Waals surface area contributed by atoms with Crippen LogP contribution in [-0.2, 0) is 7.05 Å². The minimum atomic E-state index is -0.292. The highest BCUT2D eigenvalue weighted by Gasteiger charge is 2.16. The maximum atomic E-state index is 12.0. The summed E-state index contributed by atoms with van der Waals surface area (Å²) in [6, 6.07) is 2.91. The molecule has 1 unspecified atom stereocenters. The van der Waals surface area contributed by atoms with Gasteiger partial charge in [-0.25, -0.2) is 0 Å². The van der Waals surface area contributed by atoms with Crippen molar-refractivity contribution in [3.05, 3.63) is 40.4 Å². The number of hydrogen-bond donors (Lipinski definition) is 1. The van der Waals surface area contributed by atoms with Crippen molar-refractivity contribution in [2.24, 2.45) is 7.05 Å². The van der Waals surface area contributed by atoms with Crippen molar-refractivity contribution in [3.8, 4) is 0 Å². The Bertz CT molecular complexity index is 593. The zero-order valence-electron chi connectivity index (χ0n) is 10.9. The molecule has 100 valence electrons. The predicted molar refractivity (Wildman–Crippen MR) is 70.9 cm³/mol. The van der Waals surface area contributed by atoms with Crippen LogP contribution in [0.1, 0.15) is 34.7 Å². The molecule has 0 radical (unpaired) electrons. The van der Waals surface area contributed by atoms with Gasteiger partial charge in [-0.3, -0.25) is 9.48 Å². The number of hydrogen-bond acceptors (Lipinski definition) is 4. The van der Waals surface area contributed by atoms with Crippen LogP contribution in [0, 0.1) is 6.92 Å². The van der Waals surface area contributed by atoms with Crippen molar-refractivity contribution in [3.63, 3.8) is 0 Å². The fourth-order valence-electron chi connectivity index (χ4n) is 1.73. The summed E-state index contributed by atoms with van der Waals surface area (Å²) in [6.07, 6.45) is 1.74. The molecule has 2 rings (SSSR count). The van der Waals surface area contributed by atoms with Crippen molar-refractivity contribution < 1.29 is 4.79 Å². The molecule has 0 aliphatic rings. The van der Waals surface area contributed by atoms with E-state index in [0.29, 0.717) is 0 Å². The largest absolute Gasteiger partial charge is 0.344 e. The third-order valence-corrected chi connectivity index (χ3v) is 3.15. The number of amides is 1.